The molecule has 140 valence electrons. The number of ether oxygens (including phenoxy) is 2. The molecule has 1 N–H and O–H groups in total. The van der Waals surface area contributed by atoms with E-state index >= 15 is 0 Å². The lowest BCUT2D eigenvalue weighted by molar-refractivity contribution is -0.123. The van der Waals surface area contributed by atoms with Crippen molar-refractivity contribution in [2.75, 3.05) is 5.32 Å². The second kappa shape index (κ2) is 8.96. The number of hydrogen-bond donors (Lipinski definition) is 1. The molecule has 1 unspecified atom stereocenters. The van der Waals surface area contributed by atoms with Crippen molar-refractivity contribution in [3.63, 3.8) is 0 Å². The van der Waals surface area contributed by atoms with Gasteiger partial charge >= 0.3 is 12.6 Å². The maximum atomic E-state index is 12.2. The van der Waals surface area contributed by atoms with Crippen molar-refractivity contribution in [3.05, 3.63) is 58.6 Å². The standard InChI is InChI=1S/C18H13ClF2N2O4/c1-10(26-17(25)12-4-2-3-11(7-12)9-22)16(24)23-13-5-6-15(14(19)8-13)27-18(20)21/h2-8,10,18H,1H3,(H,23,24). The van der Waals surface area contributed by atoms with Gasteiger partial charge in [-0.15, -0.1) is 0 Å². The zero-order chi connectivity index (χ0) is 20.0. The number of esters is 1. The predicted molar refractivity (Wildman–Crippen MR) is 92.7 cm³/mol. The Labute approximate surface area is 158 Å². The quantitative estimate of drug-likeness (QED) is 0.748. The number of nitrogens with one attached hydrogen (secondary N) is 1. The normalized spacial score (nSPS) is 11.4. The Balaban J connectivity index is 2.00. The highest BCUT2D eigenvalue weighted by Gasteiger charge is 2.20. The summed E-state index contributed by atoms with van der Waals surface area (Å²) in [7, 11) is 0. The van der Waals surface area contributed by atoms with Crippen LogP contribution in [0.2, 0.25) is 5.02 Å². The Hall–Kier alpha value is -3.18. The molecule has 2 rings (SSSR count). The van der Waals surface area contributed by atoms with E-state index in [0.29, 0.717) is 0 Å². The van der Waals surface area contributed by atoms with E-state index in [-0.39, 0.29) is 27.6 Å². The van der Waals surface area contributed by atoms with E-state index < -0.39 is 24.6 Å². The van der Waals surface area contributed by atoms with Gasteiger partial charge in [0.05, 0.1) is 22.2 Å². The first-order valence-electron chi connectivity index (χ1n) is 7.56. The van der Waals surface area contributed by atoms with Crippen molar-refractivity contribution in [1.82, 2.24) is 0 Å². The number of hydrogen-bond acceptors (Lipinski definition) is 5. The highest BCUT2D eigenvalue weighted by atomic mass is 35.5. The molecule has 1 amide bonds. The van der Waals surface area contributed by atoms with E-state index in [4.69, 9.17) is 21.6 Å². The monoisotopic (exact) mass is 394 g/mol. The van der Waals surface area contributed by atoms with Gasteiger partial charge in [-0.05, 0) is 43.3 Å². The molecule has 0 spiro atoms. The van der Waals surface area contributed by atoms with Crippen LogP contribution in [0.1, 0.15) is 22.8 Å². The maximum absolute atomic E-state index is 12.2. The molecule has 0 radical (unpaired) electrons. The average Bonchev–Trinajstić information content (AvgIpc) is 2.63. The van der Waals surface area contributed by atoms with Gasteiger partial charge in [0.25, 0.3) is 5.91 Å². The topological polar surface area (TPSA) is 88.4 Å². The molecule has 0 saturated heterocycles. The van der Waals surface area contributed by atoms with Crippen molar-refractivity contribution < 1.29 is 27.8 Å². The Bertz CT molecular complexity index is 899. The molecular formula is C18H13ClF2N2O4. The Morgan fingerprint density at radius 2 is 1.96 bits per heavy atom. The van der Waals surface area contributed by atoms with Gasteiger partial charge in [-0.25, -0.2) is 4.79 Å². The first-order valence-corrected chi connectivity index (χ1v) is 7.94. The van der Waals surface area contributed by atoms with Crippen LogP contribution in [0.4, 0.5) is 14.5 Å². The summed E-state index contributed by atoms with van der Waals surface area (Å²) in [6, 6.07) is 11.4. The van der Waals surface area contributed by atoms with E-state index in [2.05, 4.69) is 10.1 Å². The number of nitrogens with zero attached hydrogens (tertiary/aromatic N) is 1. The highest BCUT2D eigenvalue weighted by molar-refractivity contribution is 6.32. The molecule has 9 heteroatoms. The summed E-state index contributed by atoms with van der Waals surface area (Å²) in [5.41, 5.74) is 0.619. The summed E-state index contributed by atoms with van der Waals surface area (Å²) >= 11 is 5.81. The van der Waals surface area contributed by atoms with Gasteiger partial charge in [0.1, 0.15) is 5.75 Å². The molecule has 0 aliphatic rings. The number of rotatable bonds is 6. The number of amides is 1. The summed E-state index contributed by atoms with van der Waals surface area (Å²) in [4.78, 5) is 24.2. The van der Waals surface area contributed by atoms with Crippen LogP contribution in [-0.4, -0.2) is 24.6 Å². The maximum Gasteiger partial charge on any atom is 0.387 e. The van der Waals surface area contributed by atoms with Gasteiger partial charge in [0.15, 0.2) is 6.10 Å². The third-order valence-corrected chi connectivity index (χ3v) is 3.59. The van der Waals surface area contributed by atoms with Gasteiger partial charge in [-0.2, -0.15) is 14.0 Å². The van der Waals surface area contributed by atoms with Crippen LogP contribution in [0.15, 0.2) is 42.5 Å². The molecule has 27 heavy (non-hydrogen) atoms. The van der Waals surface area contributed by atoms with Gasteiger partial charge in [-0.1, -0.05) is 17.7 Å². The van der Waals surface area contributed by atoms with Gasteiger partial charge in [0, 0.05) is 5.69 Å². The van der Waals surface area contributed by atoms with E-state index in [9.17, 15) is 18.4 Å². The molecule has 0 aliphatic carbocycles. The van der Waals surface area contributed by atoms with Crippen LogP contribution in [0.3, 0.4) is 0 Å². The lowest BCUT2D eigenvalue weighted by Crippen LogP contribution is -2.30. The minimum Gasteiger partial charge on any atom is -0.449 e. The van der Waals surface area contributed by atoms with Crippen LogP contribution < -0.4 is 10.1 Å². The van der Waals surface area contributed by atoms with E-state index in [1.54, 1.807) is 0 Å². The first kappa shape index (κ1) is 20.1. The van der Waals surface area contributed by atoms with Crippen LogP contribution in [0, 0.1) is 11.3 Å². The minimum atomic E-state index is -3.03. The Morgan fingerprint density at radius 1 is 1.22 bits per heavy atom. The first-order chi connectivity index (χ1) is 12.8. The number of carbonyl (C=O) groups excluding carboxylic acids is 2. The smallest absolute Gasteiger partial charge is 0.387 e. The van der Waals surface area contributed by atoms with E-state index in [0.717, 1.165) is 0 Å². The number of halogens is 3. The van der Waals surface area contributed by atoms with Gasteiger partial charge < -0.3 is 14.8 Å². The van der Waals surface area contributed by atoms with Crippen molar-refractivity contribution in [2.24, 2.45) is 0 Å². The van der Waals surface area contributed by atoms with Crippen LogP contribution >= 0.6 is 11.6 Å². The molecule has 0 aliphatic heterocycles. The third kappa shape index (κ3) is 5.66. The molecule has 0 bridgehead atoms. The van der Waals surface area contributed by atoms with Crippen LogP contribution in [0.25, 0.3) is 0 Å². The summed E-state index contributed by atoms with van der Waals surface area (Å²) in [5, 5.41) is 11.2. The lowest BCUT2D eigenvalue weighted by Gasteiger charge is -2.14. The lowest BCUT2D eigenvalue weighted by atomic mass is 10.1. The van der Waals surface area contributed by atoms with Crippen LogP contribution in [-0.2, 0) is 9.53 Å². The Morgan fingerprint density at radius 3 is 2.59 bits per heavy atom. The second-order valence-electron chi connectivity index (χ2n) is 5.25. The zero-order valence-corrected chi connectivity index (χ0v) is 14.7. The third-order valence-electron chi connectivity index (χ3n) is 3.30. The van der Waals surface area contributed by atoms with Gasteiger partial charge in [-0.3, -0.25) is 4.79 Å². The summed E-state index contributed by atoms with van der Waals surface area (Å²) < 4.78 is 33.7. The van der Waals surface area contributed by atoms with Crippen molar-refractivity contribution in [2.45, 2.75) is 19.6 Å². The SMILES string of the molecule is CC(OC(=O)c1cccc(C#N)c1)C(=O)Nc1ccc(OC(F)F)c(Cl)c1. The predicted octanol–water partition coefficient (Wildman–Crippen LogP) is 4.00. The molecule has 0 aromatic heterocycles. The van der Waals surface area contributed by atoms with Crippen molar-refractivity contribution >= 4 is 29.2 Å². The summed E-state index contributed by atoms with van der Waals surface area (Å²) in [5.74, 6) is -1.66. The van der Waals surface area contributed by atoms with Crippen LogP contribution in [0.5, 0.6) is 5.75 Å². The van der Waals surface area contributed by atoms with Crippen molar-refractivity contribution in [1.29, 1.82) is 5.26 Å². The molecule has 0 saturated carbocycles. The minimum absolute atomic E-state index is 0.119. The highest BCUT2D eigenvalue weighted by Crippen LogP contribution is 2.29. The number of nitriles is 1. The van der Waals surface area contributed by atoms with E-state index in [1.807, 2.05) is 6.07 Å². The molecule has 2 aromatic carbocycles. The van der Waals surface area contributed by atoms with Gasteiger partial charge in [0.2, 0.25) is 0 Å². The fourth-order valence-electron chi connectivity index (χ4n) is 2.01. The van der Waals surface area contributed by atoms with E-state index in [1.165, 1.54) is 49.4 Å². The number of benzene rings is 2. The number of alkyl halides is 2. The molecule has 0 fully saturated rings. The Kier molecular flexibility index (Phi) is 6.68. The molecule has 1 atom stereocenters. The average molecular weight is 395 g/mol. The number of carbonyl (C=O) groups is 2. The summed E-state index contributed by atoms with van der Waals surface area (Å²) in [6.07, 6.45) is -1.15. The fourth-order valence-corrected chi connectivity index (χ4v) is 2.24. The molecule has 6 nitrogen and oxygen atoms in total. The second-order valence-corrected chi connectivity index (χ2v) is 5.66. The fraction of sp³-hybridized carbons (Fsp3) is 0.167. The summed E-state index contributed by atoms with van der Waals surface area (Å²) in [6.45, 7) is -1.67. The number of anilines is 1. The molecule has 2 aromatic rings. The van der Waals surface area contributed by atoms with Crippen molar-refractivity contribution in [3.8, 4) is 11.8 Å². The molecule has 0 heterocycles. The largest absolute Gasteiger partial charge is 0.449 e. The molecular weight excluding hydrogens is 382 g/mol. The zero-order valence-electron chi connectivity index (χ0n) is 13.9.